The highest BCUT2D eigenvalue weighted by atomic mass is 32.2. The molecule has 0 radical (unpaired) electrons. The van der Waals surface area contributed by atoms with Crippen LogP contribution in [-0.2, 0) is 26.1 Å². The van der Waals surface area contributed by atoms with Gasteiger partial charge in [-0.1, -0.05) is 25.5 Å². The number of sulfonamides is 1. The molecule has 0 unspecified atom stereocenters. The van der Waals surface area contributed by atoms with Gasteiger partial charge in [0.15, 0.2) is 0 Å². The first-order valence-electron chi connectivity index (χ1n) is 8.38. The maximum atomic E-state index is 12.3. The topological polar surface area (TPSA) is 75.7 Å². The number of nitrogens with one attached hydrogen (secondary N) is 1. The lowest BCUT2D eigenvalue weighted by molar-refractivity contribution is -0.149. The van der Waals surface area contributed by atoms with E-state index in [1.54, 1.807) is 31.4 Å². The summed E-state index contributed by atoms with van der Waals surface area (Å²) in [6.07, 6.45) is 3.79. The van der Waals surface area contributed by atoms with Crippen molar-refractivity contribution in [2.45, 2.75) is 43.9 Å². The number of amides is 1. The zero-order valence-corrected chi connectivity index (χ0v) is 15.1. The van der Waals surface area contributed by atoms with Crippen LogP contribution in [0.1, 0.15) is 38.2 Å². The summed E-state index contributed by atoms with van der Waals surface area (Å²) in [5, 5.41) is 1.85. The number of carbonyl (C=O) groups is 1. The summed E-state index contributed by atoms with van der Waals surface area (Å²) in [5.74, 6) is -0.248. The molecule has 1 fully saturated rings. The molecule has 0 aliphatic carbocycles. The maximum Gasteiger partial charge on any atom is 0.264 e. The van der Waals surface area contributed by atoms with E-state index in [0.29, 0.717) is 0 Å². The minimum Gasteiger partial charge on any atom is -0.302 e. The van der Waals surface area contributed by atoms with Gasteiger partial charge >= 0.3 is 0 Å². The Bertz CT molecular complexity index is 635. The Kier molecular flexibility index (Phi) is 6.77. The number of hydrogen-bond acceptors (Lipinski definition) is 5. The van der Waals surface area contributed by atoms with Crippen molar-refractivity contribution in [3.05, 3.63) is 29.8 Å². The van der Waals surface area contributed by atoms with Crippen molar-refractivity contribution >= 4 is 15.9 Å². The molecular formula is C17H26N2O4S. The predicted molar refractivity (Wildman–Crippen MR) is 91.7 cm³/mol. The zero-order valence-electron chi connectivity index (χ0n) is 14.3. The fourth-order valence-electron chi connectivity index (χ4n) is 2.93. The highest BCUT2D eigenvalue weighted by Gasteiger charge is 2.24. The minimum absolute atomic E-state index is 0.130. The van der Waals surface area contributed by atoms with Crippen molar-refractivity contribution in [1.82, 2.24) is 9.79 Å². The van der Waals surface area contributed by atoms with Crippen molar-refractivity contribution in [2.75, 3.05) is 20.2 Å². The largest absolute Gasteiger partial charge is 0.302 e. The van der Waals surface area contributed by atoms with Crippen molar-refractivity contribution in [3.63, 3.8) is 0 Å². The highest BCUT2D eigenvalue weighted by Crippen LogP contribution is 2.21. The second kappa shape index (κ2) is 8.60. The van der Waals surface area contributed by atoms with Crippen LogP contribution in [0.3, 0.4) is 0 Å². The van der Waals surface area contributed by atoms with E-state index >= 15 is 0 Å². The van der Waals surface area contributed by atoms with Crippen molar-refractivity contribution < 1.29 is 18.0 Å². The molecule has 1 aliphatic heterocycles. The summed E-state index contributed by atoms with van der Waals surface area (Å²) in [5.41, 5.74) is 1.09. The number of aryl methyl sites for hydroxylation is 1. The molecule has 0 aromatic heterocycles. The Morgan fingerprint density at radius 3 is 2.42 bits per heavy atom. The molecule has 6 nitrogen and oxygen atoms in total. The maximum absolute atomic E-state index is 12.3. The van der Waals surface area contributed by atoms with Crippen LogP contribution in [0.15, 0.2) is 29.2 Å². The molecule has 1 N–H and O–H groups in total. The van der Waals surface area contributed by atoms with Crippen LogP contribution in [-0.4, -0.2) is 39.6 Å². The first-order chi connectivity index (χ1) is 11.4. The van der Waals surface area contributed by atoms with E-state index in [4.69, 9.17) is 4.84 Å². The lowest BCUT2D eigenvalue weighted by Gasteiger charge is -2.29. The first kappa shape index (κ1) is 18.9. The van der Waals surface area contributed by atoms with Gasteiger partial charge in [0.2, 0.25) is 5.91 Å². The molecule has 1 amide bonds. The van der Waals surface area contributed by atoms with Gasteiger partial charge in [0.05, 0.1) is 12.0 Å². The Hall–Kier alpha value is -1.44. The summed E-state index contributed by atoms with van der Waals surface area (Å²) in [7, 11) is -2.16. The van der Waals surface area contributed by atoms with Crippen LogP contribution in [0.2, 0.25) is 0 Å². The molecule has 0 bridgehead atoms. The van der Waals surface area contributed by atoms with Gasteiger partial charge in [-0.2, -0.15) is 5.06 Å². The SMILES string of the molecule is CCCc1ccc(S(=O)(=O)NC(=O)CC2CCN(OC)CC2)cc1. The van der Waals surface area contributed by atoms with Gasteiger partial charge in [0, 0.05) is 19.5 Å². The van der Waals surface area contributed by atoms with Crippen LogP contribution < -0.4 is 4.72 Å². The Balaban J connectivity index is 1.90. The van der Waals surface area contributed by atoms with Gasteiger partial charge in [0.25, 0.3) is 10.0 Å². The number of piperidine rings is 1. The number of hydroxylamine groups is 2. The van der Waals surface area contributed by atoms with Crippen molar-refractivity contribution in [2.24, 2.45) is 5.92 Å². The highest BCUT2D eigenvalue weighted by molar-refractivity contribution is 7.90. The van der Waals surface area contributed by atoms with Crippen molar-refractivity contribution in [1.29, 1.82) is 0 Å². The van der Waals surface area contributed by atoms with E-state index in [1.165, 1.54) is 0 Å². The lowest BCUT2D eigenvalue weighted by atomic mass is 9.94. The molecule has 134 valence electrons. The summed E-state index contributed by atoms with van der Waals surface area (Å²) in [6, 6.07) is 6.70. The molecule has 0 saturated carbocycles. The fraction of sp³-hybridized carbons (Fsp3) is 0.588. The predicted octanol–water partition coefficient (Wildman–Crippen LogP) is 2.11. The molecular weight excluding hydrogens is 328 g/mol. The third kappa shape index (κ3) is 5.29. The van der Waals surface area contributed by atoms with Crippen LogP contribution in [0.5, 0.6) is 0 Å². The molecule has 1 aromatic rings. The van der Waals surface area contributed by atoms with Crippen LogP contribution >= 0.6 is 0 Å². The first-order valence-corrected chi connectivity index (χ1v) is 9.86. The molecule has 1 saturated heterocycles. The van der Waals surface area contributed by atoms with Gasteiger partial charge in [0.1, 0.15) is 0 Å². The van der Waals surface area contributed by atoms with Crippen molar-refractivity contribution in [3.8, 4) is 0 Å². The van der Waals surface area contributed by atoms with E-state index in [2.05, 4.69) is 11.6 Å². The summed E-state index contributed by atoms with van der Waals surface area (Å²) < 4.78 is 26.8. The second-order valence-corrected chi connectivity index (χ2v) is 7.86. The molecule has 7 heteroatoms. The number of carbonyl (C=O) groups excluding carboxylic acids is 1. The van der Waals surface area contributed by atoms with E-state index in [-0.39, 0.29) is 17.2 Å². The zero-order chi connectivity index (χ0) is 17.6. The second-order valence-electron chi connectivity index (χ2n) is 6.18. The van der Waals surface area contributed by atoms with Gasteiger partial charge in [-0.3, -0.25) is 4.79 Å². The average molecular weight is 354 g/mol. The smallest absolute Gasteiger partial charge is 0.264 e. The van der Waals surface area contributed by atoms with Gasteiger partial charge < -0.3 is 4.84 Å². The minimum atomic E-state index is -3.79. The molecule has 0 atom stereocenters. The molecule has 24 heavy (non-hydrogen) atoms. The van der Waals surface area contributed by atoms with Gasteiger partial charge in [-0.05, 0) is 42.9 Å². The van der Waals surface area contributed by atoms with Crippen LogP contribution in [0.4, 0.5) is 0 Å². The number of benzene rings is 1. The molecule has 2 rings (SSSR count). The van der Waals surface area contributed by atoms with Gasteiger partial charge in [-0.15, -0.1) is 0 Å². The summed E-state index contributed by atoms with van der Waals surface area (Å²) in [4.78, 5) is 17.4. The number of rotatable bonds is 7. The Morgan fingerprint density at radius 1 is 1.25 bits per heavy atom. The normalized spacial score (nSPS) is 16.9. The van der Waals surface area contributed by atoms with Gasteiger partial charge in [-0.25, -0.2) is 13.1 Å². The van der Waals surface area contributed by atoms with E-state index in [0.717, 1.165) is 44.3 Å². The van der Waals surface area contributed by atoms with Crippen LogP contribution in [0.25, 0.3) is 0 Å². The van der Waals surface area contributed by atoms with Crippen LogP contribution in [0, 0.1) is 5.92 Å². The molecule has 0 spiro atoms. The quantitative estimate of drug-likeness (QED) is 0.812. The third-order valence-electron chi connectivity index (χ3n) is 4.33. The summed E-state index contributed by atoms with van der Waals surface area (Å²) >= 11 is 0. The van der Waals surface area contributed by atoms with E-state index in [1.807, 2.05) is 5.06 Å². The number of hydrogen-bond donors (Lipinski definition) is 1. The Morgan fingerprint density at radius 2 is 1.88 bits per heavy atom. The molecule has 1 aliphatic rings. The standard InChI is InChI=1S/C17H26N2O4S/c1-3-4-14-5-7-16(8-6-14)24(21,22)18-17(20)13-15-9-11-19(23-2)12-10-15/h5-8,15H,3-4,9-13H2,1-2H3,(H,18,20). The molecule has 1 heterocycles. The fourth-order valence-corrected chi connectivity index (χ4v) is 3.93. The molecule has 1 aromatic carbocycles. The average Bonchev–Trinajstić information content (AvgIpc) is 2.56. The van der Waals surface area contributed by atoms with E-state index < -0.39 is 15.9 Å². The summed E-state index contributed by atoms with van der Waals surface area (Å²) in [6.45, 7) is 3.60. The Labute approximate surface area is 144 Å². The number of nitrogens with zero attached hydrogens (tertiary/aromatic N) is 1. The monoisotopic (exact) mass is 354 g/mol. The van der Waals surface area contributed by atoms with E-state index in [9.17, 15) is 13.2 Å². The third-order valence-corrected chi connectivity index (χ3v) is 5.72. The lowest BCUT2D eigenvalue weighted by Crippen LogP contribution is -2.36.